The Kier molecular flexibility index (Phi) is 4.54. The quantitative estimate of drug-likeness (QED) is 0.896. The van der Waals surface area contributed by atoms with E-state index in [-0.39, 0.29) is 6.04 Å². The maximum absolute atomic E-state index is 5.82. The van der Waals surface area contributed by atoms with Crippen molar-refractivity contribution in [3.8, 4) is 0 Å². The van der Waals surface area contributed by atoms with Gasteiger partial charge in [0.15, 0.2) is 0 Å². The summed E-state index contributed by atoms with van der Waals surface area (Å²) >= 11 is 1.75. The van der Waals surface area contributed by atoms with Crippen LogP contribution in [0.4, 0.5) is 0 Å². The molecule has 1 fully saturated rings. The number of likely N-dealkylation sites (tertiary alicyclic amines) is 1. The summed E-state index contributed by atoms with van der Waals surface area (Å²) in [6.45, 7) is 8.01. The zero-order chi connectivity index (χ0) is 12.3. The molecule has 3 nitrogen and oxygen atoms in total. The first-order valence-corrected chi connectivity index (χ1v) is 7.45. The van der Waals surface area contributed by atoms with Gasteiger partial charge in [-0.1, -0.05) is 6.92 Å². The van der Waals surface area contributed by atoms with Gasteiger partial charge < -0.3 is 10.6 Å². The molecule has 2 N–H and O–H groups in total. The highest BCUT2D eigenvalue weighted by molar-refractivity contribution is 7.09. The lowest BCUT2D eigenvalue weighted by molar-refractivity contribution is 0.194. The SMILES string of the molecule is CC1CCN(CCc2nc(C(C)N)cs2)CC1. The van der Waals surface area contributed by atoms with Crippen molar-refractivity contribution in [2.45, 2.75) is 39.2 Å². The van der Waals surface area contributed by atoms with Crippen molar-refractivity contribution < 1.29 is 0 Å². The first-order valence-electron chi connectivity index (χ1n) is 6.57. The highest BCUT2D eigenvalue weighted by atomic mass is 32.1. The van der Waals surface area contributed by atoms with Gasteiger partial charge in [0.2, 0.25) is 0 Å². The minimum absolute atomic E-state index is 0.0656. The standard InChI is InChI=1S/C13H23N3S/c1-10-3-6-16(7-4-10)8-5-13-15-12(9-17-13)11(2)14/h9-11H,3-8,14H2,1-2H3. The van der Waals surface area contributed by atoms with E-state index >= 15 is 0 Å². The van der Waals surface area contributed by atoms with Crippen LogP contribution in [-0.2, 0) is 6.42 Å². The molecule has 0 saturated carbocycles. The summed E-state index contributed by atoms with van der Waals surface area (Å²) in [5, 5.41) is 3.33. The van der Waals surface area contributed by atoms with Gasteiger partial charge in [-0.25, -0.2) is 4.98 Å². The van der Waals surface area contributed by atoms with Crippen LogP contribution in [-0.4, -0.2) is 29.5 Å². The molecule has 0 bridgehead atoms. The summed E-state index contributed by atoms with van der Waals surface area (Å²) in [6.07, 6.45) is 3.78. The van der Waals surface area contributed by atoms with Gasteiger partial charge in [-0.05, 0) is 38.8 Å². The van der Waals surface area contributed by atoms with Crippen LogP contribution in [0.2, 0.25) is 0 Å². The maximum atomic E-state index is 5.82. The van der Waals surface area contributed by atoms with Gasteiger partial charge in [-0.15, -0.1) is 11.3 Å². The summed E-state index contributed by atoms with van der Waals surface area (Å²) in [6, 6.07) is 0.0656. The number of aromatic nitrogens is 1. The minimum atomic E-state index is 0.0656. The predicted octanol–water partition coefficient (Wildman–Crippen LogP) is 2.44. The second-order valence-corrected chi connectivity index (χ2v) is 6.17. The molecular weight excluding hydrogens is 230 g/mol. The molecule has 0 aliphatic carbocycles. The van der Waals surface area contributed by atoms with Crippen molar-refractivity contribution in [2.75, 3.05) is 19.6 Å². The third kappa shape index (κ3) is 3.76. The van der Waals surface area contributed by atoms with E-state index in [2.05, 4.69) is 22.2 Å². The van der Waals surface area contributed by atoms with Gasteiger partial charge in [-0.3, -0.25) is 0 Å². The van der Waals surface area contributed by atoms with E-state index in [1.54, 1.807) is 11.3 Å². The molecule has 0 aromatic carbocycles. The Morgan fingerprint density at radius 1 is 1.53 bits per heavy atom. The van der Waals surface area contributed by atoms with Crippen LogP contribution in [0.5, 0.6) is 0 Å². The van der Waals surface area contributed by atoms with Gasteiger partial charge >= 0.3 is 0 Å². The van der Waals surface area contributed by atoms with Gasteiger partial charge in [-0.2, -0.15) is 0 Å². The summed E-state index contributed by atoms with van der Waals surface area (Å²) in [5.74, 6) is 0.913. The summed E-state index contributed by atoms with van der Waals surface area (Å²) in [7, 11) is 0. The average molecular weight is 253 g/mol. The summed E-state index contributed by atoms with van der Waals surface area (Å²) in [4.78, 5) is 7.14. The lowest BCUT2D eigenvalue weighted by Crippen LogP contribution is -2.34. The first-order chi connectivity index (χ1) is 8.15. The molecule has 1 aromatic heterocycles. The van der Waals surface area contributed by atoms with E-state index in [0.717, 1.165) is 24.6 Å². The molecule has 1 saturated heterocycles. The van der Waals surface area contributed by atoms with Gasteiger partial charge in [0.25, 0.3) is 0 Å². The molecular formula is C13H23N3S. The third-order valence-electron chi connectivity index (χ3n) is 3.55. The normalized spacial score (nSPS) is 20.6. The van der Waals surface area contributed by atoms with Crippen LogP contribution in [0.1, 0.15) is 43.4 Å². The van der Waals surface area contributed by atoms with Crippen molar-refractivity contribution in [3.05, 3.63) is 16.1 Å². The molecule has 1 aliphatic heterocycles. The smallest absolute Gasteiger partial charge is 0.0941 e. The zero-order valence-electron chi connectivity index (χ0n) is 10.9. The molecule has 1 aromatic rings. The fraction of sp³-hybridized carbons (Fsp3) is 0.769. The molecule has 96 valence electrons. The van der Waals surface area contributed by atoms with E-state index in [9.17, 15) is 0 Å². The van der Waals surface area contributed by atoms with E-state index in [1.165, 1.54) is 30.9 Å². The number of piperidine rings is 1. The van der Waals surface area contributed by atoms with E-state index in [0.29, 0.717) is 0 Å². The summed E-state index contributed by atoms with van der Waals surface area (Å²) < 4.78 is 0. The highest BCUT2D eigenvalue weighted by Gasteiger charge is 2.15. The monoisotopic (exact) mass is 253 g/mol. The molecule has 1 aliphatic rings. The predicted molar refractivity (Wildman–Crippen MR) is 73.3 cm³/mol. The Bertz CT molecular complexity index is 340. The van der Waals surface area contributed by atoms with Gasteiger partial charge in [0.05, 0.1) is 10.7 Å². The molecule has 1 unspecified atom stereocenters. The Morgan fingerprint density at radius 2 is 2.24 bits per heavy atom. The Hall–Kier alpha value is -0.450. The number of thiazole rings is 1. The molecule has 0 radical (unpaired) electrons. The Labute approximate surface area is 108 Å². The van der Waals surface area contributed by atoms with Crippen LogP contribution < -0.4 is 5.73 Å². The first kappa shape index (κ1) is 13.0. The third-order valence-corrected chi connectivity index (χ3v) is 4.48. The topological polar surface area (TPSA) is 42.2 Å². The molecule has 0 spiro atoms. The van der Waals surface area contributed by atoms with E-state index < -0.39 is 0 Å². The van der Waals surface area contributed by atoms with Crippen LogP contribution in [0.3, 0.4) is 0 Å². The molecule has 0 amide bonds. The van der Waals surface area contributed by atoms with Crippen LogP contribution in [0, 0.1) is 5.92 Å². The average Bonchev–Trinajstić information content (AvgIpc) is 2.77. The minimum Gasteiger partial charge on any atom is -0.323 e. The largest absolute Gasteiger partial charge is 0.323 e. The molecule has 2 rings (SSSR count). The Balaban J connectivity index is 1.77. The van der Waals surface area contributed by atoms with E-state index in [4.69, 9.17) is 5.73 Å². The number of hydrogen-bond donors (Lipinski definition) is 1. The fourth-order valence-electron chi connectivity index (χ4n) is 2.19. The van der Waals surface area contributed by atoms with Gasteiger partial charge in [0, 0.05) is 24.4 Å². The van der Waals surface area contributed by atoms with Crippen LogP contribution in [0.15, 0.2) is 5.38 Å². The lowest BCUT2D eigenvalue weighted by Gasteiger charge is -2.29. The van der Waals surface area contributed by atoms with Crippen molar-refractivity contribution >= 4 is 11.3 Å². The number of rotatable bonds is 4. The fourth-order valence-corrected chi connectivity index (χ4v) is 3.08. The second-order valence-electron chi connectivity index (χ2n) is 5.23. The molecule has 1 atom stereocenters. The van der Waals surface area contributed by atoms with Crippen molar-refractivity contribution in [2.24, 2.45) is 11.7 Å². The lowest BCUT2D eigenvalue weighted by atomic mass is 9.99. The number of hydrogen-bond acceptors (Lipinski definition) is 4. The highest BCUT2D eigenvalue weighted by Crippen LogP contribution is 2.18. The Morgan fingerprint density at radius 3 is 2.82 bits per heavy atom. The van der Waals surface area contributed by atoms with Crippen molar-refractivity contribution in [1.82, 2.24) is 9.88 Å². The van der Waals surface area contributed by atoms with Crippen LogP contribution in [0.25, 0.3) is 0 Å². The zero-order valence-corrected chi connectivity index (χ0v) is 11.7. The van der Waals surface area contributed by atoms with Gasteiger partial charge in [0.1, 0.15) is 0 Å². The van der Waals surface area contributed by atoms with E-state index in [1.807, 2.05) is 6.92 Å². The molecule has 4 heteroatoms. The molecule has 17 heavy (non-hydrogen) atoms. The maximum Gasteiger partial charge on any atom is 0.0941 e. The second kappa shape index (κ2) is 5.94. The number of nitrogens with two attached hydrogens (primary N) is 1. The molecule has 2 heterocycles. The van der Waals surface area contributed by atoms with Crippen molar-refractivity contribution in [3.63, 3.8) is 0 Å². The van der Waals surface area contributed by atoms with Crippen LogP contribution >= 0.6 is 11.3 Å². The summed E-state index contributed by atoms with van der Waals surface area (Å²) in [5.41, 5.74) is 6.85. The van der Waals surface area contributed by atoms with Crippen molar-refractivity contribution in [1.29, 1.82) is 0 Å². The number of nitrogens with zero attached hydrogens (tertiary/aromatic N) is 2.